The van der Waals surface area contributed by atoms with E-state index in [4.69, 9.17) is 9.47 Å². The Balaban J connectivity index is 1.22. The minimum atomic E-state index is -0.384. The van der Waals surface area contributed by atoms with Crippen LogP contribution in [0.25, 0.3) is 11.1 Å². The van der Waals surface area contributed by atoms with Crippen LogP contribution in [-0.4, -0.2) is 18.8 Å². The Bertz CT molecular complexity index is 1340. The minimum absolute atomic E-state index is 0.108. The van der Waals surface area contributed by atoms with Crippen molar-refractivity contribution >= 4 is 12.2 Å². The lowest BCUT2D eigenvalue weighted by Gasteiger charge is -2.09. The number of unbranched alkanes of at least 4 members (excludes halogenated alkanes) is 6. The van der Waals surface area contributed by atoms with Gasteiger partial charge in [0.05, 0.1) is 18.2 Å². The average Bonchev–Trinajstić information content (AvgIpc) is 3.02. The van der Waals surface area contributed by atoms with Crippen LogP contribution in [0, 0.1) is 0 Å². The van der Waals surface area contributed by atoms with Gasteiger partial charge in [0, 0.05) is 6.21 Å². The van der Waals surface area contributed by atoms with Gasteiger partial charge in [0.2, 0.25) is 0 Å². The molecule has 0 amide bonds. The number of carbonyl (C=O) groups is 1. The number of carbonyl (C=O) groups excluding carboxylic acids is 1. The van der Waals surface area contributed by atoms with Crippen molar-refractivity contribution in [3.05, 3.63) is 120 Å². The van der Waals surface area contributed by atoms with Gasteiger partial charge in [0.15, 0.2) is 0 Å². The van der Waals surface area contributed by atoms with Crippen molar-refractivity contribution in [2.24, 2.45) is 4.99 Å². The molecule has 0 heterocycles. The Kier molecular flexibility index (Phi) is 11.8. The fraction of sp³-hybridized carbons (Fsp3) is 0.297. The predicted octanol–water partition coefficient (Wildman–Crippen LogP) is 9.88. The van der Waals surface area contributed by atoms with Gasteiger partial charge in [-0.1, -0.05) is 112 Å². The fourth-order valence-corrected chi connectivity index (χ4v) is 4.59. The van der Waals surface area contributed by atoms with Gasteiger partial charge in [-0.05, 0) is 72.0 Å². The predicted molar refractivity (Wildman–Crippen MR) is 169 cm³/mol. The van der Waals surface area contributed by atoms with Crippen molar-refractivity contribution in [3.63, 3.8) is 0 Å². The van der Waals surface area contributed by atoms with E-state index in [2.05, 4.69) is 55.2 Å². The zero-order valence-corrected chi connectivity index (χ0v) is 24.3. The third-order valence-corrected chi connectivity index (χ3v) is 7.14. The lowest BCUT2D eigenvalue weighted by atomic mass is 10.0. The molecule has 0 radical (unpaired) electrons. The third kappa shape index (κ3) is 9.75. The first-order valence-electron chi connectivity index (χ1n) is 14.9. The summed E-state index contributed by atoms with van der Waals surface area (Å²) in [5.41, 5.74) is 4.88. The van der Waals surface area contributed by atoms with E-state index < -0.39 is 0 Å². The maximum absolute atomic E-state index is 12.6. The Hall–Kier alpha value is -4.18. The molecule has 0 aliphatic heterocycles. The van der Waals surface area contributed by atoms with Crippen LogP contribution in [0.15, 0.2) is 108 Å². The molecule has 4 heteroatoms. The molecular formula is C37H41NO3. The number of benzene rings is 4. The number of ether oxygens (including phenoxy) is 2. The number of rotatable bonds is 15. The summed E-state index contributed by atoms with van der Waals surface area (Å²) in [4.78, 5) is 17.3. The summed E-state index contributed by atoms with van der Waals surface area (Å²) < 4.78 is 11.4. The lowest BCUT2D eigenvalue weighted by Crippen LogP contribution is -2.08. The fourth-order valence-electron chi connectivity index (χ4n) is 4.59. The molecule has 0 spiro atoms. The SMILES string of the molecule is CCCCCCCCCOc1ccc(C(=O)Oc2ccc(-c3ccc(C=N[C@@H](C)c4ccccc4)cc3)cc2)cc1. The smallest absolute Gasteiger partial charge is 0.343 e. The number of hydrogen-bond donors (Lipinski definition) is 0. The van der Waals surface area contributed by atoms with E-state index in [0.29, 0.717) is 17.9 Å². The van der Waals surface area contributed by atoms with Gasteiger partial charge >= 0.3 is 5.97 Å². The molecular weight excluding hydrogens is 506 g/mol. The molecule has 0 fully saturated rings. The maximum Gasteiger partial charge on any atom is 0.343 e. The van der Waals surface area contributed by atoms with Gasteiger partial charge in [-0.25, -0.2) is 4.79 Å². The lowest BCUT2D eigenvalue weighted by molar-refractivity contribution is 0.0734. The molecule has 0 aliphatic carbocycles. The van der Waals surface area contributed by atoms with Crippen LogP contribution in [-0.2, 0) is 0 Å². The zero-order valence-electron chi connectivity index (χ0n) is 24.3. The largest absolute Gasteiger partial charge is 0.494 e. The number of esters is 1. The molecule has 0 bridgehead atoms. The summed E-state index contributed by atoms with van der Waals surface area (Å²) in [5, 5.41) is 0. The van der Waals surface area contributed by atoms with E-state index in [-0.39, 0.29) is 12.0 Å². The van der Waals surface area contributed by atoms with Crippen molar-refractivity contribution in [1.82, 2.24) is 0 Å². The van der Waals surface area contributed by atoms with Crippen LogP contribution < -0.4 is 9.47 Å². The standard InChI is InChI=1S/C37H41NO3/c1-3-4-5-6-7-8-12-27-40-35-23-21-34(22-24-35)37(39)41-36-25-19-33(20-26-36)32-17-15-30(16-18-32)28-38-29(2)31-13-10-9-11-14-31/h9-11,13-26,28-29H,3-8,12,27H2,1-2H3/t29-/m0/s1. The summed E-state index contributed by atoms with van der Waals surface area (Å²) in [6.07, 6.45) is 10.7. The molecule has 1 atom stereocenters. The second kappa shape index (κ2) is 16.2. The molecule has 4 rings (SSSR count). The van der Waals surface area contributed by atoms with Gasteiger partial charge in [-0.15, -0.1) is 0 Å². The molecule has 4 aromatic carbocycles. The van der Waals surface area contributed by atoms with Crippen LogP contribution in [0.1, 0.15) is 86.3 Å². The summed E-state index contributed by atoms with van der Waals surface area (Å²) in [7, 11) is 0. The minimum Gasteiger partial charge on any atom is -0.494 e. The number of nitrogens with zero attached hydrogens (tertiary/aromatic N) is 1. The van der Waals surface area contributed by atoms with Crippen molar-refractivity contribution < 1.29 is 14.3 Å². The highest BCUT2D eigenvalue weighted by molar-refractivity contribution is 5.91. The van der Waals surface area contributed by atoms with E-state index in [1.54, 1.807) is 12.1 Å². The summed E-state index contributed by atoms with van der Waals surface area (Å²) in [6.45, 7) is 5.03. The summed E-state index contributed by atoms with van der Waals surface area (Å²) in [6, 6.07) is 33.4. The average molecular weight is 548 g/mol. The van der Waals surface area contributed by atoms with Crippen molar-refractivity contribution in [1.29, 1.82) is 0 Å². The van der Waals surface area contributed by atoms with Gasteiger partial charge in [0.25, 0.3) is 0 Å². The number of hydrogen-bond acceptors (Lipinski definition) is 4. The van der Waals surface area contributed by atoms with E-state index >= 15 is 0 Å². The van der Waals surface area contributed by atoms with Gasteiger partial charge in [-0.2, -0.15) is 0 Å². The van der Waals surface area contributed by atoms with Crippen LogP contribution in [0.5, 0.6) is 11.5 Å². The van der Waals surface area contributed by atoms with E-state index in [0.717, 1.165) is 28.9 Å². The van der Waals surface area contributed by atoms with E-state index in [9.17, 15) is 4.79 Å². The van der Waals surface area contributed by atoms with Crippen molar-refractivity contribution in [2.75, 3.05) is 6.61 Å². The molecule has 0 aromatic heterocycles. The first kappa shape index (κ1) is 29.8. The Labute approximate surface area is 245 Å². The van der Waals surface area contributed by atoms with Gasteiger partial charge in [0.1, 0.15) is 11.5 Å². The van der Waals surface area contributed by atoms with Crippen molar-refractivity contribution in [3.8, 4) is 22.6 Å². The topological polar surface area (TPSA) is 47.9 Å². The molecule has 4 nitrogen and oxygen atoms in total. The Morgan fingerprint density at radius 1 is 0.707 bits per heavy atom. The quantitative estimate of drug-likeness (QED) is 0.0644. The highest BCUT2D eigenvalue weighted by Crippen LogP contribution is 2.24. The molecule has 41 heavy (non-hydrogen) atoms. The second-order valence-electron chi connectivity index (χ2n) is 10.4. The first-order valence-corrected chi connectivity index (χ1v) is 14.9. The first-order chi connectivity index (χ1) is 20.1. The normalized spacial score (nSPS) is 11.9. The van der Waals surface area contributed by atoms with Gasteiger partial charge < -0.3 is 9.47 Å². The molecule has 4 aromatic rings. The number of aliphatic imine (C=N–C) groups is 1. The molecule has 0 aliphatic rings. The second-order valence-corrected chi connectivity index (χ2v) is 10.4. The maximum atomic E-state index is 12.6. The van der Waals surface area contributed by atoms with Crippen LogP contribution >= 0.6 is 0 Å². The monoisotopic (exact) mass is 547 g/mol. The van der Waals surface area contributed by atoms with Gasteiger partial charge in [-0.3, -0.25) is 4.99 Å². The molecule has 0 N–H and O–H groups in total. The van der Waals surface area contributed by atoms with Crippen molar-refractivity contribution in [2.45, 2.75) is 64.8 Å². The Morgan fingerprint density at radius 2 is 1.29 bits per heavy atom. The zero-order chi connectivity index (χ0) is 28.7. The molecule has 0 saturated carbocycles. The van der Waals surface area contributed by atoms with Crippen LogP contribution in [0.2, 0.25) is 0 Å². The molecule has 0 unspecified atom stereocenters. The Morgan fingerprint density at radius 3 is 1.95 bits per heavy atom. The third-order valence-electron chi connectivity index (χ3n) is 7.14. The van der Waals surface area contributed by atoms with Crippen LogP contribution in [0.4, 0.5) is 0 Å². The highest BCUT2D eigenvalue weighted by Gasteiger charge is 2.09. The molecule has 0 saturated heterocycles. The summed E-state index contributed by atoms with van der Waals surface area (Å²) >= 11 is 0. The van der Waals surface area contributed by atoms with E-state index in [1.165, 1.54) is 44.1 Å². The van der Waals surface area contributed by atoms with E-state index in [1.807, 2.05) is 60.8 Å². The van der Waals surface area contributed by atoms with Crippen LogP contribution in [0.3, 0.4) is 0 Å². The summed E-state index contributed by atoms with van der Waals surface area (Å²) in [5.74, 6) is 0.904. The highest BCUT2D eigenvalue weighted by atomic mass is 16.5. The molecule has 212 valence electrons.